The van der Waals surface area contributed by atoms with Gasteiger partial charge in [-0.15, -0.1) is 0 Å². The number of anilines is 1. The van der Waals surface area contributed by atoms with E-state index in [-0.39, 0.29) is 5.91 Å². The van der Waals surface area contributed by atoms with Crippen LogP contribution in [0.3, 0.4) is 0 Å². The molecule has 1 heterocycles. The van der Waals surface area contributed by atoms with Crippen molar-refractivity contribution in [3.05, 3.63) is 46.3 Å². The van der Waals surface area contributed by atoms with Gasteiger partial charge in [0.2, 0.25) is 0 Å². The number of rotatable bonds is 2. The first-order valence-electron chi connectivity index (χ1n) is 5.07. The lowest BCUT2D eigenvalue weighted by Crippen LogP contribution is -2.13. The van der Waals surface area contributed by atoms with Crippen LogP contribution >= 0.6 is 11.6 Å². The third-order valence-electron chi connectivity index (χ3n) is 2.51. The first-order valence-corrected chi connectivity index (χ1v) is 5.45. The molecule has 1 aromatic heterocycles. The average Bonchev–Trinajstić information content (AvgIpc) is 2.71. The number of nitrogens with zero attached hydrogens (tertiary/aromatic N) is 1. The van der Waals surface area contributed by atoms with Crippen molar-refractivity contribution in [2.24, 2.45) is 0 Å². The molecular weight excluding hydrogens is 240 g/mol. The average molecular weight is 251 g/mol. The molecule has 0 radical (unpaired) electrons. The standard InChI is InChI=1S/C12H11ClN2O2/c1-7-10(13)4-3-5-11(7)15-12(16)9-6-14-17-8(9)2/h3-6H,1-2H3,(H,15,16). The number of aryl methyl sites for hydroxylation is 1. The summed E-state index contributed by atoms with van der Waals surface area (Å²) in [5.74, 6) is 0.233. The van der Waals surface area contributed by atoms with Crippen molar-refractivity contribution in [1.29, 1.82) is 0 Å². The highest BCUT2D eigenvalue weighted by atomic mass is 35.5. The van der Waals surface area contributed by atoms with Gasteiger partial charge in [-0.2, -0.15) is 0 Å². The van der Waals surface area contributed by atoms with Crippen molar-refractivity contribution in [1.82, 2.24) is 5.16 Å². The summed E-state index contributed by atoms with van der Waals surface area (Å²) < 4.78 is 4.84. The lowest BCUT2D eigenvalue weighted by atomic mass is 10.2. The molecule has 0 bridgehead atoms. The summed E-state index contributed by atoms with van der Waals surface area (Å²) in [7, 11) is 0. The van der Waals surface area contributed by atoms with Gasteiger partial charge in [-0.3, -0.25) is 4.79 Å². The normalized spacial score (nSPS) is 10.3. The summed E-state index contributed by atoms with van der Waals surface area (Å²) in [5.41, 5.74) is 1.93. The molecule has 5 heteroatoms. The molecule has 2 aromatic rings. The zero-order chi connectivity index (χ0) is 12.4. The van der Waals surface area contributed by atoms with Crippen LogP contribution in [0.2, 0.25) is 5.02 Å². The topological polar surface area (TPSA) is 55.1 Å². The molecule has 0 aliphatic heterocycles. The Hall–Kier alpha value is -1.81. The van der Waals surface area contributed by atoms with Gasteiger partial charge in [0.1, 0.15) is 11.3 Å². The van der Waals surface area contributed by atoms with Crippen LogP contribution in [0, 0.1) is 13.8 Å². The summed E-state index contributed by atoms with van der Waals surface area (Å²) in [4.78, 5) is 11.9. The van der Waals surface area contributed by atoms with Crippen LogP contribution in [0.5, 0.6) is 0 Å². The van der Waals surface area contributed by atoms with Crippen molar-refractivity contribution in [2.45, 2.75) is 13.8 Å². The van der Waals surface area contributed by atoms with E-state index in [1.165, 1.54) is 6.20 Å². The summed E-state index contributed by atoms with van der Waals surface area (Å²) in [6.45, 7) is 3.53. The molecule has 0 aliphatic rings. The van der Waals surface area contributed by atoms with Gasteiger partial charge in [0.25, 0.3) is 5.91 Å². The van der Waals surface area contributed by atoms with Crippen LogP contribution in [-0.4, -0.2) is 11.1 Å². The predicted molar refractivity (Wildman–Crippen MR) is 65.4 cm³/mol. The molecule has 0 atom stereocenters. The highest BCUT2D eigenvalue weighted by molar-refractivity contribution is 6.31. The summed E-state index contributed by atoms with van der Waals surface area (Å²) in [6, 6.07) is 5.35. The van der Waals surface area contributed by atoms with Gasteiger partial charge in [0.15, 0.2) is 0 Å². The van der Waals surface area contributed by atoms with Gasteiger partial charge in [0.05, 0.1) is 6.20 Å². The minimum absolute atomic E-state index is 0.255. The maximum Gasteiger partial charge on any atom is 0.260 e. The zero-order valence-electron chi connectivity index (χ0n) is 9.45. The fourth-order valence-electron chi connectivity index (χ4n) is 1.45. The van der Waals surface area contributed by atoms with Gasteiger partial charge < -0.3 is 9.84 Å². The molecule has 0 fully saturated rings. The monoisotopic (exact) mass is 250 g/mol. The Balaban J connectivity index is 2.25. The molecule has 17 heavy (non-hydrogen) atoms. The number of halogens is 1. The number of hydrogen-bond donors (Lipinski definition) is 1. The third kappa shape index (κ3) is 2.31. The maximum absolute atomic E-state index is 11.9. The second-order valence-corrected chi connectivity index (χ2v) is 4.07. The Morgan fingerprint density at radius 2 is 2.18 bits per heavy atom. The molecule has 1 aromatic carbocycles. The number of nitrogens with one attached hydrogen (secondary N) is 1. The molecule has 2 rings (SSSR count). The largest absolute Gasteiger partial charge is 0.361 e. The molecule has 0 aliphatic carbocycles. The number of hydrogen-bond acceptors (Lipinski definition) is 3. The van der Waals surface area contributed by atoms with Crippen LogP contribution in [0.15, 0.2) is 28.9 Å². The fourth-order valence-corrected chi connectivity index (χ4v) is 1.62. The van der Waals surface area contributed by atoms with Gasteiger partial charge in [0, 0.05) is 10.7 Å². The van der Waals surface area contributed by atoms with E-state index in [0.717, 1.165) is 5.56 Å². The third-order valence-corrected chi connectivity index (χ3v) is 2.92. The van der Waals surface area contributed by atoms with Crippen molar-refractivity contribution in [3.8, 4) is 0 Å². The maximum atomic E-state index is 11.9. The summed E-state index contributed by atoms with van der Waals surface area (Å²) in [6.07, 6.45) is 1.39. The summed E-state index contributed by atoms with van der Waals surface area (Å²) in [5, 5.41) is 6.95. The molecule has 0 spiro atoms. The van der Waals surface area contributed by atoms with Gasteiger partial charge >= 0.3 is 0 Å². The highest BCUT2D eigenvalue weighted by Gasteiger charge is 2.14. The van der Waals surface area contributed by atoms with Crippen molar-refractivity contribution >= 4 is 23.2 Å². The van der Waals surface area contributed by atoms with Crippen molar-refractivity contribution < 1.29 is 9.32 Å². The Kier molecular flexibility index (Phi) is 3.15. The number of benzene rings is 1. The van der Waals surface area contributed by atoms with Crippen molar-refractivity contribution in [3.63, 3.8) is 0 Å². The number of aromatic nitrogens is 1. The molecule has 88 valence electrons. The molecule has 1 amide bonds. The summed E-state index contributed by atoms with van der Waals surface area (Å²) >= 11 is 5.97. The van der Waals surface area contributed by atoms with Crippen LogP contribution in [-0.2, 0) is 0 Å². The molecule has 0 saturated carbocycles. The number of carbonyl (C=O) groups is 1. The lowest BCUT2D eigenvalue weighted by Gasteiger charge is -2.08. The molecule has 1 N–H and O–H groups in total. The van der Waals surface area contributed by atoms with E-state index in [9.17, 15) is 4.79 Å². The van der Waals surface area contributed by atoms with Gasteiger partial charge in [-0.1, -0.05) is 22.8 Å². The Morgan fingerprint density at radius 1 is 1.41 bits per heavy atom. The van der Waals surface area contributed by atoms with E-state index in [4.69, 9.17) is 16.1 Å². The van der Waals surface area contributed by atoms with Crippen LogP contribution < -0.4 is 5.32 Å². The molecule has 4 nitrogen and oxygen atoms in total. The van der Waals surface area contributed by atoms with E-state index in [1.54, 1.807) is 25.1 Å². The molecular formula is C12H11ClN2O2. The first-order chi connectivity index (χ1) is 8.09. The van der Waals surface area contributed by atoms with Crippen LogP contribution in [0.25, 0.3) is 0 Å². The highest BCUT2D eigenvalue weighted by Crippen LogP contribution is 2.23. The minimum atomic E-state index is -0.255. The lowest BCUT2D eigenvalue weighted by molar-refractivity contribution is 0.102. The molecule has 0 saturated heterocycles. The van der Waals surface area contributed by atoms with Crippen LogP contribution in [0.1, 0.15) is 21.7 Å². The molecule has 0 unspecified atom stereocenters. The number of carbonyl (C=O) groups excluding carboxylic acids is 1. The number of amides is 1. The second-order valence-electron chi connectivity index (χ2n) is 3.66. The Labute approximate surface area is 104 Å². The first kappa shape index (κ1) is 11.7. The second kappa shape index (κ2) is 4.59. The fraction of sp³-hybridized carbons (Fsp3) is 0.167. The van der Waals surface area contributed by atoms with Crippen LogP contribution in [0.4, 0.5) is 5.69 Å². The SMILES string of the molecule is Cc1oncc1C(=O)Nc1cccc(Cl)c1C. The minimum Gasteiger partial charge on any atom is -0.361 e. The van der Waals surface area contributed by atoms with Gasteiger partial charge in [-0.05, 0) is 31.5 Å². The predicted octanol–water partition coefficient (Wildman–Crippen LogP) is 3.20. The van der Waals surface area contributed by atoms with E-state index in [2.05, 4.69) is 10.5 Å². The van der Waals surface area contributed by atoms with E-state index < -0.39 is 0 Å². The quantitative estimate of drug-likeness (QED) is 0.891. The Bertz CT molecular complexity index is 563. The van der Waals surface area contributed by atoms with Gasteiger partial charge in [-0.25, -0.2) is 0 Å². The van der Waals surface area contributed by atoms with Crippen molar-refractivity contribution in [2.75, 3.05) is 5.32 Å². The van der Waals surface area contributed by atoms with E-state index in [1.807, 2.05) is 6.92 Å². The Morgan fingerprint density at radius 3 is 2.82 bits per heavy atom. The van der Waals surface area contributed by atoms with E-state index in [0.29, 0.717) is 22.0 Å². The van der Waals surface area contributed by atoms with E-state index >= 15 is 0 Å². The zero-order valence-corrected chi connectivity index (χ0v) is 10.2. The smallest absolute Gasteiger partial charge is 0.260 e.